The molecule has 0 aromatic heterocycles. The lowest BCUT2D eigenvalue weighted by Gasteiger charge is -2.19. The number of benzene rings is 1. The molecule has 0 spiro atoms. The fourth-order valence-electron chi connectivity index (χ4n) is 2.14. The predicted molar refractivity (Wildman–Crippen MR) is 76.4 cm³/mol. The summed E-state index contributed by atoms with van der Waals surface area (Å²) in [6, 6.07) is 5.95. The van der Waals surface area contributed by atoms with E-state index in [9.17, 15) is 9.59 Å². The number of aryl methyl sites for hydroxylation is 1. The third-order valence-corrected chi connectivity index (χ3v) is 3.79. The number of nitrogens with zero attached hydrogens (tertiary/aromatic N) is 1. The summed E-state index contributed by atoms with van der Waals surface area (Å²) in [6.45, 7) is 2.37. The van der Waals surface area contributed by atoms with Gasteiger partial charge in [0.05, 0.1) is 13.0 Å². The van der Waals surface area contributed by atoms with Crippen LogP contribution < -0.4 is 4.90 Å². The minimum absolute atomic E-state index is 0.0181. The van der Waals surface area contributed by atoms with Crippen LogP contribution in [0.1, 0.15) is 12.0 Å². The normalized spacial score (nSPS) is 19.2. The summed E-state index contributed by atoms with van der Waals surface area (Å²) in [4.78, 5) is 25.2. The van der Waals surface area contributed by atoms with E-state index in [1.807, 2.05) is 25.1 Å². The van der Waals surface area contributed by atoms with E-state index < -0.39 is 0 Å². The molecule has 0 N–H and O–H groups in total. The lowest BCUT2D eigenvalue weighted by Crippen LogP contribution is -2.26. The molecule has 1 atom stereocenters. The molecule has 5 heteroatoms. The minimum atomic E-state index is -0.347. The SMILES string of the molecule is COC(=O)C1CC(=O)N(c2cc(I)ccc2C)C1. The fourth-order valence-corrected chi connectivity index (χ4v) is 2.61. The van der Waals surface area contributed by atoms with E-state index in [1.54, 1.807) is 4.90 Å². The van der Waals surface area contributed by atoms with Crippen molar-refractivity contribution in [3.8, 4) is 0 Å². The van der Waals surface area contributed by atoms with Crippen LogP contribution in [0.3, 0.4) is 0 Å². The molecule has 0 saturated carbocycles. The number of hydrogen-bond donors (Lipinski definition) is 0. The molecule has 96 valence electrons. The second-order valence-electron chi connectivity index (χ2n) is 4.36. The van der Waals surface area contributed by atoms with E-state index >= 15 is 0 Å². The van der Waals surface area contributed by atoms with Crippen LogP contribution in [0.15, 0.2) is 18.2 Å². The summed E-state index contributed by atoms with van der Waals surface area (Å²) in [5.74, 6) is -0.676. The summed E-state index contributed by atoms with van der Waals surface area (Å²) in [5, 5.41) is 0. The highest BCUT2D eigenvalue weighted by molar-refractivity contribution is 14.1. The monoisotopic (exact) mass is 359 g/mol. The highest BCUT2D eigenvalue weighted by atomic mass is 127. The third-order valence-electron chi connectivity index (χ3n) is 3.12. The van der Waals surface area contributed by atoms with Gasteiger partial charge in [-0.05, 0) is 47.2 Å². The Morgan fingerprint density at radius 2 is 2.22 bits per heavy atom. The first kappa shape index (κ1) is 13.3. The largest absolute Gasteiger partial charge is 0.469 e. The Kier molecular flexibility index (Phi) is 3.89. The van der Waals surface area contributed by atoms with Crippen LogP contribution in [0.4, 0.5) is 5.69 Å². The van der Waals surface area contributed by atoms with Gasteiger partial charge in [0.15, 0.2) is 0 Å². The summed E-state index contributed by atoms with van der Waals surface area (Å²) in [5.41, 5.74) is 1.92. The first-order valence-corrected chi connectivity index (χ1v) is 6.75. The Balaban J connectivity index is 2.27. The molecule has 1 unspecified atom stereocenters. The van der Waals surface area contributed by atoms with Gasteiger partial charge in [0.25, 0.3) is 0 Å². The Morgan fingerprint density at radius 1 is 1.50 bits per heavy atom. The maximum Gasteiger partial charge on any atom is 0.311 e. The molecule has 1 aromatic carbocycles. The van der Waals surface area contributed by atoms with E-state index in [0.29, 0.717) is 6.54 Å². The Hall–Kier alpha value is -1.11. The highest BCUT2D eigenvalue weighted by Gasteiger charge is 2.36. The fraction of sp³-hybridized carbons (Fsp3) is 0.385. The standard InChI is InChI=1S/C13H14INO3/c1-8-3-4-10(14)6-11(8)15-7-9(5-12(15)16)13(17)18-2/h3-4,6,9H,5,7H2,1-2H3. The molecular weight excluding hydrogens is 345 g/mol. The molecule has 0 radical (unpaired) electrons. The summed E-state index contributed by atoms with van der Waals surface area (Å²) < 4.78 is 5.77. The van der Waals surface area contributed by atoms with Gasteiger partial charge < -0.3 is 9.64 Å². The molecule has 0 aliphatic carbocycles. The second-order valence-corrected chi connectivity index (χ2v) is 5.60. The van der Waals surface area contributed by atoms with E-state index in [0.717, 1.165) is 14.8 Å². The molecule has 4 nitrogen and oxygen atoms in total. The van der Waals surface area contributed by atoms with Gasteiger partial charge >= 0.3 is 5.97 Å². The van der Waals surface area contributed by atoms with E-state index in [-0.39, 0.29) is 24.2 Å². The second kappa shape index (κ2) is 5.26. The average molecular weight is 359 g/mol. The Morgan fingerprint density at radius 3 is 2.89 bits per heavy atom. The number of ether oxygens (including phenoxy) is 1. The minimum Gasteiger partial charge on any atom is -0.469 e. The smallest absolute Gasteiger partial charge is 0.311 e. The maximum absolute atomic E-state index is 12.0. The van der Waals surface area contributed by atoms with Crippen molar-refractivity contribution >= 4 is 40.2 Å². The number of carbonyl (C=O) groups is 2. The lowest BCUT2D eigenvalue weighted by atomic mass is 10.1. The number of hydrogen-bond acceptors (Lipinski definition) is 3. The van der Waals surface area contributed by atoms with Gasteiger partial charge in [-0.15, -0.1) is 0 Å². The molecule has 1 fully saturated rings. The van der Waals surface area contributed by atoms with Gasteiger partial charge in [-0.2, -0.15) is 0 Å². The first-order chi connectivity index (χ1) is 8.52. The lowest BCUT2D eigenvalue weighted by molar-refractivity contribution is -0.145. The molecule has 1 aromatic rings. The van der Waals surface area contributed by atoms with E-state index in [1.165, 1.54) is 7.11 Å². The molecule has 1 heterocycles. The molecule has 1 amide bonds. The first-order valence-electron chi connectivity index (χ1n) is 5.67. The molecule has 18 heavy (non-hydrogen) atoms. The van der Waals surface area contributed by atoms with Crippen molar-refractivity contribution in [1.82, 2.24) is 0 Å². The van der Waals surface area contributed by atoms with Crippen LogP contribution in [0.5, 0.6) is 0 Å². The molecule has 0 bridgehead atoms. The molecule has 2 rings (SSSR count). The van der Waals surface area contributed by atoms with Crippen LogP contribution in [0.25, 0.3) is 0 Å². The van der Waals surface area contributed by atoms with Crippen LogP contribution in [0, 0.1) is 16.4 Å². The van der Waals surface area contributed by atoms with Gasteiger partial charge in [0, 0.05) is 22.2 Å². The van der Waals surface area contributed by atoms with Crippen molar-refractivity contribution in [1.29, 1.82) is 0 Å². The van der Waals surface area contributed by atoms with Crippen molar-refractivity contribution < 1.29 is 14.3 Å². The molecule has 1 aliphatic heterocycles. The van der Waals surface area contributed by atoms with E-state index in [2.05, 4.69) is 22.6 Å². The van der Waals surface area contributed by atoms with Gasteiger partial charge in [-0.3, -0.25) is 9.59 Å². The average Bonchev–Trinajstić information content (AvgIpc) is 2.73. The Labute approximate surface area is 119 Å². The van der Waals surface area contributed by atoms with Crippen LogP contribution in [0.2, 0.25) is 0 Å². The summed E-state index contributed by atoms with van der Waals surface area (Å²) in [7, 11) is 1.35. The van der Waals surface area contributed by atoms with Gasteiger partial charge in [0.1, 0.15) is 0 Å². The van der Waals surface area contributed by atoms with Gasteiger partial charge in [-0.25, -0.2) is 0 Å². The zero-order valence-electron chi connectivity index (χ0n) is 10.3. The van der Waals surface area contributed by atoms with Gasteiger partial charge in [-0.1, -0.05) is 6.07 Å². The zero-order valence-corrected chi connectivity index (χ0v) is 12.4. The number of anilines is 1. The molecule has 1 saturated heterocycles. The van der Waals surface area contributed by atoms with Crippen molar-refractivity contribution in [2.45, 2.75) is 13.3 Å². The number of rotatable bonds is 2. The number of methoxy groups -OCH3 is 1. The predicted octanol–water partition coefficient (Wildman–Crippen LogP) is 2.13. The highest BCUT2D eigenvalue weighted by Crippen LogP contribution is 2.29. The Bertz CT molecular complexity index is 501. The zero-order chi connectivity index (χ0) is 13.3. The number of amides is 1. The molecular formula is C13H14INO3. The van der Waals surface area contributed by atoms with Crippen molar-refractivity contribution in [2.24, 2.45) is 5.92 Å². The molecule has 1 aliphatic rings. The van der Waals surface area contributed by atoms with Crippen molar-refractivity contribution in [2.75, 3.05) is 18.6 Å². The van der Waals surface area contributed by atoms with Gasteiger partial charge in [0.2, 0.25) is 5.91 Å². The summed E-state index contributed by atoms with van der Waals surface area (Å²) in [6.07, 6.45) is 0.234. The van der Waals surface area contributed by atoms with Crippen LogP contribution in [-0.4, -0.2) is 25.5 Å². The van der Waals surface area contributed by atoms with Crippen molar-refractivity contribution in [3.63, 3.8) is 0 Å². The van der Waals surface area contributed by atoms with Crippen LogP contribution in [-0.2, 0) is 14.3 Å². The quantitative estimate of drug-likeness (QED) is 0.601. The van der Waals surface area contributed by atoms with Crippen molar-refractivity contribution in [3.05, 3.63) is 27.3 Å². The topological polar surface area (TPSA) is 46.6 Å². The maximum atomic E-state index is 12.0. The number of carbonyl (C=O) groups excluding carboxylic acids is 2. The van der Waals surface area contributed by atoms with E-state index in [4.69, 9.17) is 4.74 Å². The number of esters is 1. The third kappa shape index (κ3) is 2.50. The number of halogens is 1. The summed E-state index contributed by atoms with van der Waals surface area (Å²) >= 11 is 2.21. The van der Waals surface area contributed by atoms with Crippen LogP contribution >= 0.6 is 22.6 Å².